The maximum Gasteiger partial charge on any atom is 0.351 e. The highest BCUT2D eigenvalue weighted by Gasteiger charge is 2.30. The van der Waals surface area contributed by atoms with Crippen LogP contribution >= 0.6 is 27.3 Å². The fourth-order valence-electron chi connectivity index (χ4n) is 4.57. The van der Waals surface area contributed by atoms with Gasteiger partial charge in [-0.3, -0.25) is 0 Å². The minimum atomic E-state index is -3.48. The normalized spacial score (nSPS) is 14.8. The van der Waals surface area contributed by atoms with Gasteiger partial charge in [0.05, 0.1) is 21.4 Å². The molecule has 12 heteroatoms. The molecule has 1 aliphatic rings. The molecule has 0 atom stereocenters. The van der Waals surface area contributed by atoms with Crippen LogP contribution in [-0.4, -0.2) is 63.6 Å². The number of thiophene rings is 1. The summed E-state index contributed by atoms with van der Waals surface area (Å²) in [6.45, 7) is 6.61. The molecule has 42 heavy (non-hydrogen) atoms. The highest BCUT2D eigenvalue weighted by molar-refractivity contribution is 9.10. The summed E-state index contributed by atoms with van der Waals surface area (Å²) in [5.41, 5.74) is 1.08. The summed E-state index contributed by atoms with van der Waals surface area (Å²) >= 11 is 4.77. The lowest BCUT2D eigenvalue weighted by atomic mass is 9.98. The number of sulfonamides is 1. The molecule has 0 bridgehead atoms. The fourth-order valence-corrected chi connectivity index (χ4v) is 8.03. The molecule has 0 radical (unpaired) electrons. The first-order chi connectivity index (χ1) is 19.9. The van der Waals surface area contributed by atoms with Gasteiger partial charge in [-0.1, -0.05) is 30.3 Å². The van der Waals surface area contributed by atoms with Crippen LogP contribution < -0.4 is 10.1 Å². The van der Waals surface area contributed by atoms with Crippen molar-refractivity contribution in [2.45, 2.75) is 44.1 Å². The van der Waals surface area contributed by atoms with Crippen LogP contribution in [0.25, 0.3) is 10.4 Å². The van der Waals surface area contributed by atoms with E-state index in [1.165, 1.54) is 18.4 Å². The smallest absolute Gasteiger partial charge is 0.351 e. The Labute approximate surface area is 259 Å². The molecule has 2 heterocycles. The summed E-state index contributed by atoms with van der Waals surface area (Å²) in [4.78, 5) is 26.1. The van der Waals surface area contributed by atoms with Crippen molar-refractivity contribution in [1.82, 2.24) is 4.31 Å². The topological polar surface area (TPSA) is 111 Å². The molecule has 1 saturated heterocycles. The number of ether oxygens (including phenoxy) is 3. The van der Waals surface area contributed by atoms with E-state index in [9.17, 15) is 18.0 Å². The van der Waals surface area contributed by atoms with Gasteiger partial charge < -0.3 is 19.5 Å². The minimum absolute atomic E-state index is 0.225. The number of carbonyl (C=O) groups is 2. The van der Waals surface area contributed by atoms with Crippen LogP contribution in [0.1, 0.15) is 43.3 Å². The number of anilines is 1. The first kappa shape index (κ1) is 32.0. The molecule has 0 spiro atoms. The summed E-state index contributed by atoms with van der Waals surface area (Å²) in [5.74, 6) is -0.569. The van der Waals surface area contributed by atoms with Crippen molar-refractivity contribution in [1.29, 1.82) is 0 Å². The molecule has 2 aromatic carbocycles. The van der Waals surface area contributed by atoms with E-state index in [0.29, 0.717) is 34.9 Å². The van der Waals surface area contributed by atoms with Crippen LogP contribution in [0.3, 0.4) is 0 Å². The van der Waals surface area contributed by atoms with Gasteiger partial charge in [-0.05, 0) is 85.3 Å². The van der Waals surface area contributed by atoms with Gasteiger partial charge in [-0.25, -0.2) is 18.0 Å². The highest BCUT2D eigenvalue weighted by atomic mass is 79.9. The second-order valence-corrected chi connectivity index (χ2v) is 14.6. The van der Waals surface area contributed by atoms with Gasteiger partial charge in [0.15, 0.2) is 17.2 Å². The quantitative estimate of drug-likeness (QED) is 0.253. The second kappa shape index (κ2) is 13.6. The lowest BCUT2D eigenvalue weighted by molar-refractivity contribution is -0.157. The summed E-state index contributed by atoms with van der Waals surface area (Å²) in [6, 6.07) is 16.3. The summed E-state index contributed by atoms with van der Waals surface area (Å²) in [7, 11) is -2.19. The van der Waals surface area contributed by atoms with Crippen molar-refractivity contribution in [3.05, 3.63) is 63.9 Å². The summed E-state index contributed by atoms with van der Waals surface area (Å²) < 4.78 is 44.0. The maximum absolute atomic E-state index is 12.9. The zero-order chi connectivity index (χ0) is 30.5. The van der Waals surface area contributed by atoms with Crippen LogP contribution in [-0.2, 0) is 24.3 Å². The van der Waals surface area contributed by atoms with Crippen molar-refractivity contribution in [3.8, 4) is 16.2 Å². The molecule has 1 fully saturated rings. The number of rotatable bonds is 10. The van der Waals surface area contributed by atoms with Crippen LogP contribution in [0.5, 0.6) is 5.75 Å². The number of halogens is 1. The van der Waals surface area contributed by atoms with E-state index in [1.807, 2.05) is 24.3 Å². The first-order valence-corrected chi connectivity index (χ1v) is 16.6. The molecule has 1 aliphatic heterocycles. The first-order valence-electron chi connectivity index (χ1n) is 13.5. The van der Waals surface area contributed by atoms with Crippen LogP contribution in [0, 0.1) is 5.92 Å². The van der Waals surface area contributed by atoms with E-state index in [4.69, 9.17) is 14.2 Å². The number of methoxy groups -OCH3 is 1. The average molecular weight is 680 g/mol. The lowest BCUT2D eigenvalue weighted by Gasteiger charge is -2.31. The second-order valence-electron chi connectivity index (χ2n) is 10.9. The molecule has 9 nitrogen and oxygen atoms in total. The SMILES string of the molecule is COC(=O)c1sc(-c2cccc(NCC3CCN(S(=O)(=O)c4ccccc4)CC3)c2)c(Br)c1OCC(=O)OC(C)(C)C. The number of hydrogen-bond donors (Lipinski definition) is 1. The van der Waals surface area contributed by atoms with E-state index in [2.05, 4.69) is 21.2 Å². The van der Waals surface area contributed by atoms with E-state index >= 15 is 0 Å². The Morgan fingerprint density at radius 1 is 1.07 bits per heavy atom. The largest absolute Gasteiger partial charge is 0.479 e. The van der Waals surface area contributed by atoms with Crippen molar-refractivity contribution < 1.29 is 32.2 Å². The van der Waals surface area contributed by atoms with Gasteiger partial charge in [-0.15, -0.1) is 11.3 Å². The Morgan fingerprint density at radius 2 is 1.76 bits per heavy atom. The zero-order valence-corrected chi connectivity index (χ0v) is 27.2. The highest BCUT2D eigenvalue weighted by Crippen LogP contribution is 2.46. The van der Waals surface area contributed by atoms with Gasteiger partial charge >= 0.3 is 11.9 Å². The van der Waals surface area contributed by atoms with E-state index < -0.39 is 27.6 Å². The third kappa shape index (κ3) is 7.91. The van der Waals surface area contributed by atoms with Crippen LogP contribution in [0.2, 0.25) is 0 Å². The number of hydrogen-bond acceptors (Lipinski definition) is 9. The molecule has 0 unspecified atom stereocenters. The molecule has 226 valence electrons. The maximum atomic E-state index is 12.9. The number of nitrogens with one attached hydrogen (secondary N) is 1. The van der Waals surface area contributed by atoms with Crippen molar-refractivity contribution in [3.63, 3.8) is 0 Å². The Hall–Kier alpha value is -2.93. The van der Waals surface area contributed by atoms with Gasteiger partial charge in [-0.2, -0.15) is 4.31 Å². The molecular formula is C30H35BrN2O7S2. The number of piperidine rings is 1. The van der Waals surface area contributed by atoms with Gasteiger partial charge in [0.2, 0.25) is 10.0 Å². The molecule has 1 aromatic heterocycles. The number of nitrogens with zero attached hydrogens (tertiary/aromatic N) is 1. The summed E-state index contributed by atoms with van der Waals surface area (Å²) in [6.07, 6.45) is 1.52. The van der Waals surface area contributed by atoms with E-state index in [-0.39, 0.29) is 17.2 Å². The molecule has 3 aromatic rings. The Balaban J connectivity index is 1.41. The van der Waals surface area contributed by atoms with E-state index in [0.717, 1.165) is 29.0 Å². The predicted octanol–water partition coefficient (Wildman–Crippen LogP) is 6.20. The molecule has 0 aliphatic carbocycles. The number of esters is 2. The van der Waals surface area contributed by atoms with Crippen LogP contribution in [0.4, 0.5) is 5.69 Å². The third-order valence-corrected chi connectivity index (χ3v) is 10.7. The molecule has 0 amide bonds. The fraction of sp³-hybridized carbons (Fsp3) is 0.400. The van der Waals surface area contributed by atoms with Gasteiger partial charge in [0.25, 0.3) is 0 Å². The predicted molar refractivity (Wildman–Crippen MR) is 167 cm³/mol. The van der Waals surface area contributed by atoms with Crippen LogP contribution in [0.15, 0.2) is 64.0 Å². The Kier molecular flexibility index (Phi) is 10.3. The number of benzene rings is 2. The molecule has 1 N–H and O–H groups in total. The van der Waals surface area contributed by atoms with Gasteiger partial charge in [0.1, 0.15) is 5.60 Å². The zero-order valence-electron chi connectivity index (χ0n) is 24.0. The van der Waals surface area contributed by atoms with E-state index in [1.54, 1.807) is 55.4 Å². The number of carbonyl (C=O) groups excluding carboxylic acids is 2. The molecule has 4 rings (SSSR count). The van der Waals surface area contributed by atoms with Gasteiger partial charge in [0, 0.05) is 25.3 Å². The standard InChI is InChI=1S/C30H35BrN2O7S2/c1-30(2,3)40-24(34)19-39-26-25(31)27(41-28(26)29(35)38-4)21-9-8-10-22(17-21)32-18-20-13-15-33(16-14-20)42(36,37)23-11-6-5-7-12-23/h5-12,17,20,32H,13-16,18-19H2,1-4H3. The monoisotopic (exact) mass is 678 g/mol. The Bertz CT molecular complexity index is 1510. The van der Waals surface area contributed by atoms with Crippen molar-refractivity contribution in [2.24, 2.45) is 5.92 Å². The van der Waals surface area contributed by atoms with Crippen molar-refractivity contribution in [2.75, 3.05) is 38.7 Å². The third-order valence-electron chi connectivity index (χ3n) is 6.61. The molecule has 0 saturated carbocycles. The minimum Gasteiger partial charge on any atom is -0.479 e. The van der Waals surface area contributed by atoms with Crippen molar-refractivity contribution >= 4 is 54.9 Å². The Morgan fingerprint density at radius 3 is 2.40 bits per heavy atom. The summed E-state index contributed by atoms with van der Waals surface area (Å²) in [5, 5.41) is 3.48. The lowest BCUT2D eigenvalue weighted by Crippen LogP contribution is -2.39. The molecular weight excluding hydrogens is 644 g/mol. The average Bonchev–Trinajstić information content (AvgIpc) is 3.30.